The van der Waals surface area contributed by atoms with Crippen LogP contribution in [0, 0.1) is 6.92 Å². The van der Waals surface area contributed by atoms with Crippen molar-refractivity contribution >= 4 is 11.1 Å². The van der Waals surface area contributed by atoms with E-state index in [-0.39, 0.29) is 0 Å². The fraction of sp³-hybridized carbons (Fsp3) is 0.500. The predicted octanol–water partition coefficient (Wildman–Crippen LogP) is 1.93. The van der Waals surface area contributed by atoms with Gasteiger partial charge in [-0.05, 0) is 37.2 Å². The number of hydrogen-bond acceptors (Lipinski definition) is 4. The minimum atomic E-state index is 0.737. The predicted molar refractivity (Wildman–Crippen MR) is 71.5 cm³/mol. The number of benzene rings is 1. The van der Waals surface area contributed by atoms with Crippen molar-refractivity contribution in [1.82, 2.24) is 15.2 Å². The van der Waals surface area contributed by atoms with Crippen LogP contribution in [-0.4, -0.2) is 36.1 Å². The summed E-state index contributed by atoms with van der Waals surface area (Å²) in [6, 6.07) is 6.32. The Labute approximate surface area is 107 Å². The smallest absolute Gasteiger partial charge is 0.192 e. The van der Waals surface area contributed by atoms with Gasteiger partial charge in [0.15, 0.2) is 11.5 Å². The molecule has 1 fully saturated rings. The van der Waals surface area contributed by atoms with Gasteiger partial charge in [-0.25, -0.2) is 4.98 Å². The molecule has 0 saturated carbocycles. The molecule has 1 saturated heterocycles. The number of fused-ring (bicyclic) bond motifs is 1. The lowest BCUT2D eigenvalue weighted by Crippen LogP contribution is -2.27. The maximum Gasteiger partial charge on any atom is 0.192 e. The molecule has 0 unspecified atom stereocenters. The largest absolute Gasteiger partial charge is 0.441 e. The van der Waals surface area contributed by atoms with Gasteiger partial charge >= 0.3 is 0 Å². The summed E-state index contributed by atoms with van der Waals surface area (Å²) in [5, 5.41) is 3.43. The second-order valence-electron chi connectivity index (χ2n) is 4.91. The number of nitrogens with one attached hydrogen (secondary N) is 1. The summed E-state index contributed by atoms with van der Waals surface area (Å²) in [6.07, 6.45) is 1.23. The van der Waals surface area contributed by atoms with Gasteiger partial charge in [0.25, 0.3) is 0 Å². The third-order valence-corrected chi connectivity index (χ3v) is 3.40. The molecular formula is C14H19N3O. The van der Waals surface area contributed by atoms with Gasteiger partial charge in [-0.1, -0.05) is 6.07 Å². The van der Waals surface area contributed by atoms with Crippen LogP contribution in [-0.2, 0) is 6.54 Å². The van der Waals surface area contributed by atoms with Crippen LogP contribution in [0.1, 0.15) is 17.9 Å². The second kappa shape index (κ2) is 5.08. The van der Waals surface area contributed by atoms with E-state index in [0.29, 0.717) is 0 Å². The molecule has 1 N–H and O–H groups in total. The summed E-state index contributed by atoms with van der Waals surface area (Å²) in [7, 11) is 0. The SMILES string of the molecule is Cc1nc2cc(CN3CCCNCC3)ccc2o1. The Kier molecular flexibility index (Phi) is 3.30. The topological polar surface area (TPSA) is 41.3 Å². The monoisotopic (exact) mass is 245 g/mol. The van der Waals surface area contributed by atoms with Crippen molar-refractivity contribution in [1.29, 1.82) is 0 Å². The van der Waals surface area contributed by atoms with Gasteiger partial charge in [0, 0.05) is 26.6 Å². The number of oxazole rings is 1. The van der Waals surface area contributed by atoms with Crippen molar-refractivity contribution in [3.05, 3.63) is 29.7 Å². The summed E-state index contributed by atoms with van der Waals surface area (Å²) >= 11 is 0. The fourth-order valence-corrected chi connectivity index (χ4v) is 2.50. The molecule has 2 aromatic rings. The van der Waals surface area contributed by atoms with E-state index >= 15 is 0 Å². The molecule has 0 bridgehead atoms. The summed E-state index contributed by atoms with van der Waals surface area (Å²) in [4.78, 5) is 6.88. The minimum absolute atomic E-state index is 0.737. The van der Waals surface area contributed by atoms with E-state index in [1.54, 1.807) is 0 Å². The Hall–Kier alpha value is -1.39. The Balaban J connectivity index is 1.76. The standard InChI is InChI=1S/C14H19N3O/c1-11-16-13-9-12(3-4-14(13)18-11)10-17-7-2-5-15-6-8-17/h3-4,9,15H,2,5-8,10H2,1H3. The average Bonchev–Trinajstić information content (AvgIpc) is 2.56. The van der Waals surface area contributed by atoms with Crippen molar-refractivity contribution in [2.24, 2.45) is 0 Å². The molecule has 0 atom stereocenters. The quantitative estimate of drug-likeness (QED) is 0.878. The Morgan fingerprint density at radius 3 is 3.22 bits per heavy atom. The van der Waals surface area contributed by atoms with E-state index in [9.17, 15) is 0 Å². The molecule has 4 nitrogen and oxygen atoms in total. The van der Waals surface area contributed by atoms with Crippen LogP contribution < -0.4 is 5.32 Å². The van der Waals surface area contributed by atoms with Crippen molar-refractivity contribution < 1.29 is 4.42 Å². The average molecular weight is 245 g/mol. The number of hydrogen-bond donors (Lipinski definition) is 1. The normalized spacial score (nSPS) is 18.1. The highest BCUT2D eigenvalue weighted by molar-refractivity contribution is 5.73. The van der Waals surface area contributed by atoms with Gasteiger partial charge in [0.05, 0.1) is 0 Å². The first-order chi connectivity index (χ1) is 8.81. The maximum absolute atomic E-state index is 5.50. The molecule has 0 spiro atoms. The number of aromatic nitrogens is 1. The van der Waals surface area contributed by atoms with E-state index in [1.165, 1.54) is 18.5 Å². The Morgan fingerprint density at radius 2 is 2.28 bits per heavy atom. The third kappa shape index (κ3) is 2.54. The second-order valence-corrected chi connectivity index (χ2v) is 4.91. The molecule has 4 heteroatoms. The molecule has 1 aromatic carbocycles. The molecule has 2 heterocycles. The molecule has 96 valence electrons. The van der Waals surface area contributed by atoms with E-state index < -0.39 is 0 Å². The molecule has 1 aliphatic heterocycles. The first-order valence-corrected chi connectivity index (χ1v) is 6.60. The molecule has 18 heavy (non-hydrogen) atoms. The third-order valence-electron chi connectivity index (χ3n) is 3.40. The summed E-state index contributed by atoms with van der Waals surface area (Å²) in [6.45, 7) is 7.41. The van der Waals surface area contributed by atoms with Crippen LogP contribution in [0.2, 0.25) is 0 Å². The molecule has 0 aliphatic carbocycles. The first-order valence-electron chi connectivity index (χ1n) is 6.60. The minimum Gasteiger partial charge on any atom is -0.441 e. The highest BCUT2D eigenvalue weighted by Gasteiger charge is 2.10. The van der Waals surface area contributed by atoms with Gasteiger partial charge in [-0.3, -0.25) is 4.90 Å². The Morgan fingerprint density at radius 1 is 1.33 bits per heavy atom. The van der Waals surface area contributed by atoms with Gasteiger partial charge in [0.1, 0.15) is 5.52 Å². The molecule has 1 aliphatic rings. The number of rotatable bonds is 2. The van der Waals surface area contributed by atoms with Crippen molar-refractivity contribution in [2.45, 2.75) is 19.9 Å². The van der Waals surface area contributed by atoms with Gasteiger partial charge < -0.3 is 9.73 Å². The summed E-state index contributed by atoms with van der Waals surface area (Å²) < 4.78 is 5.50. The molecule has 0 radical (unpaired) electrons. The molecule has 1 aromatic heterocycles. The van der Waals surface area contributed by atoms with Crippen molar-refractivity contribution in [3.63, 3.8) is 0 Å². The van der Waals surface area contributed by atoms with E-state index in [4.69, 9.17) is 4.42 Å². The van der Waals surface area contributed by atoms with Crippen LogP contribution in [0.15, 0.2) is 22.6 Å². The van der Waals surface area contributed by atoms with E-state index in [2.05, 4.69) is 27.3 Å². The zero-order chi connectivity index (χ0) is 12.4. The van der Waals surface area contributed by atoms with E-state index in [0.717, 1.165) is 43.2 Å². The van der Waals surface area contributed by atoms with Crippen LogP contribution >= 0.6 is 0 Å². The first kappa shape index (κ1) is 11.7. The number of aryl methyl sites for hydroxylation is 1. The molecule has 3 rings (SSSR count). The van der Waals surface area contributed by atoms with Crippen molar-refractivity contribution in [2.75, 3.05) is 26.2 Å². The Bertz CT molecular complexity index is 527. The van der Waals surface area contributed by atoms with Crippen LogP contribution in [0.4, 0.5) is 0 Å². The van der Waals surface area contributed by atoms with Crippen LogP contribution in [0.3, 0.4) is 0 Å². The van der Waals surface area contributed by atoms with Gasteiger partial charge in [-0.2, -0.15) is 0 Å². The highest BCUT2D eigenvalue weighted by Crippen LogP contribution is 2.18. The molecular weight excluding hydrogens is 226 g/mol. The van der Waals surface area contributed by atoms with Crippen molar-refractivity contribution in [3.8, 4) is 0 Å². The highest BCUT2D eigenvalue weighted by atomic mass is 16.3. The lowest BCUT2D eigenvalue weighted by Gasteiger charge is -2.19. The fourth-order valence-electron chi connectivity index (χ4n) is 2.50. The van der Waals surface area contributed by atoms with Gasteiger partial charge in [0.2, 0.25) is 0 Å². The van der Waals surface area contributed by atoms with E-state index in [1.807, 2.05) is 13.0 Å². The van der Waals surface area contributed by atoms with Gasteiger partial charge in [-0.15, -0.1) is 0 Å². The van der Waals surface area contributed by atoms with Crippen LogP contribution in [0.5, 0.6) is 0 Å². The number of nitrogens with zero attached hydrogens (tertiary/aromatic N) is 2. The van der Waals surface area contributed by atoms with Crippen LogP contribution in [0.25, 0.3) is 11.1 Å². The lowest BCUT2D eigenvalue weighted by molar-refractivity contribution is 0.284. The zero-order valence-corrected chi connectivity index (χ0v) is 10.8. The maximum atomic E-state index is 5.50. The summed E-state index contributed by atoms with van der Waals surface area (Å²) in [5.41, 5.74) is 3.17. The lowest BCUT2D eigenvalue weighted by atomic mass is 10.2. The summed E-state index contributed by atoms with van der Waals surface area (Å²) in [5.74, 6) is 0.737. The zero-order valence-electron chi connectivity index (χ0n) is 10.8. The molecule has 0 amide bonds.